The lowest BCUT2D eigenvalue weighted by Crippen LogP contribution is -1.88. The second-order valence-electron chi connectivity index (χ2n) is 3.97. The highest BCUT2D eigenvalue weighted by Crippen LogP contribution is 2.36. The molecule has 4 nitrogen and oxygen atoms in total. The highest BCUT2D eigenvalue weighted by atomic mass is 79.9. The smallest absolute Gasteiger partial charge is 0.194 e. The van der Waals surface area contributed by atoms with E-state index in [9.17, 15) is 0 Å². The molecule has 0 saturated carbocycles. The first-order valence-corrected chi connectivity index (χ1v) is 6.68. The molecule has 3 rings (SSSR count). The number of hydrogen-bond donors (Lipinski definition) is 2. The molecule has 96 valence electrons. The molecule has 19 heavy (non-hydrogen) atoms. The summed E-state index contributed by atoms with van der Waals surface area (Å²) >= 11 is 9.20. The normalized spacial score (nSPS) is 10.8. The van der Waals surface area contributed by atoms with Crippen LogP contribution in [0.3, 0.4) is 0 Å². The van der Waals surface area contributed by atoms with E-state index < -0.39 is 0 Å². The maximum Gasteiger partial charge on any atom is 0.194 e. The summed E-state index contributed by atoms with van der Waals surface area (Å²) in [7, 11) is 0. The first-order valence-electron chi connectivity index (χ1n) is 5.50. The minimum Gasteiger partial charge on any atom is -0.443 e. The number of aromatic amines is 1. The van der Waals surface area contributed by atoms with E-state index in [2.05, 4.69) is 26.1 Å². The summed E-state index contributed by atoms with van der Waals surface area (Å²) in [4.78, 5) is 0. The van der Waals surface area contributed by atoms with Gasteiger partial charge in [-0.25, -0.2) is 0 Å². The Bertz CT molecular complexity index is 718. The number of aromatic nitrogens is 2. The third-order valence-corrected chi connectivity index (χ3v) is 3.48. The van der Waals surface area contributed by atoms with Crippen LogP contribution in [0.2, 0.25) is 5.22 Å². The molecule has 0 spiro atoms. The zero-order valence-corrected chi connectivity index (χ0v) is 12.0. The Morgan fingerprint density at radius 2 is 1.89 bits per heavy atom. The Morgan fingerprint density at radius 1 is 1.16 bits per heavy atom. The highest BCUT2D eigenvalue weighted by Gasteiger charge is 2.17. The van der Waals surface area contributed by atoms with Gasteiger partial charge in [-0.05, 0) is 41.4 Å². The van der Waals surface area contributed by atoms with Crippen LogP contribution in [-0.2, 0) is 0 Å². The van der Waals surface area contributed by atoms with E-state index in [1.54, 1.807) is 12.1 Å². The lowest BCUT2D eigenvalue weighted by atomic mass is 10.0. The van der Waals surface area contributed by atoms with Crippen molar-refractivity contribution in [1.82, 2.24) is 10.2 Å². The van der Waals surface area contributed by atoms with Crippen molar-refractivity contribution in [2.24, 2.45) is 0 Å². The van der Waals surface area contributed by atoms with Gasteiger partial charge < -0.3 is 10.2 Å². The van der Waals surface area contributed by atoms with Crippen molar-refractivity contribution < 1.29 is 4.42 Å². The average Bonchev–Trinajstić information content (AvgIpc) is 2.97. The number of benzene rings is 1. The van der Waals surface area contributed by atoms with Crippen LogP contribution in [0, 0.1) is 0 Å². The van der Waals surface area contributed by atoms with Crippen molar-refractivity contribution in [2.75, 3.05) is 5.73 Å². The fraction of sp³-hybridized carbons (Fsp3) is 0. The molecule has 1 aromatic carbocycles. The van der Waals surface area contributed by atoms with Gasteiger partial charge in [0.05, 0.1) is 5.56 Å². The fourth-order valence-corrected chi connectivity index (χ4v) is 2.30. The first-order chi connectivity index (χ1) is 9.15. The van der Waals surface area contributed by atoms with Gasteiger partial charge in [-0.2, -0.15) is 5.10 Å². The number of furan rings is 1. The van der Waals surface area contributed by atoms with Crippen LogP contribution in [0.15, 0.2) is 45.3 Å². The van der Waals surface area contributed by atoms with Crippen LogP contribution in [-0.4, -0.2) is 10.2 Å². The van der Waals surface area contributed by atoms with Crippen molar-refractivity contribution >= 4 is 33.3 Å². The van der Waals surface area contributed by atoms with Gasteiger partial charge in [-0.15, -0.1) is 0 Å². The number of nitrogens with zero attached hydrogens (tertiary/aromatic N) is 1. The predicted octanol–water partition coefficient (Wildman–Crippen LogP) is 4.33. The van der Waals surface area contributed by atoms with Gasteiger partial charge in [0.1, 0.15) is 5.69 Å². The summed E-state index contributed by atoms with van der Waals surface area (Å²) < 4.78 is 6.40. The van der Waals surface area contributed by atoms with Crippen LogP contribution >= 0.6 is 27.5 Å². The molecule has 0 unspecified atom stereocenters. The van der Waals surface area contributed by atoms with E-state index >= 15 is 0 Å². The lowest BCUT2D eigenvalue weighted by molar-refractivity contribution is 0.582. The number of H-pyrrole nitrogens is 1. The van der Waals surface area contributed by atoms with Crippen molar-refractivity contribution in [2.45, 2.75) is 0 Å². The number of nitrogens with two attached hydrogens (primary N) is 1. The van der Waals surface area contributed by atoms with Crippen LogP contribution < -0.4 is 5.73 Å². The number of halogens is 2. The van der Waals surface area contributed by atoms with Crippen molar-refractivity contribution in [3.63, 3.8) is 0 Å². The molecule has 0 atom stereocenters. The molecule has 0 saturated heterocycles. The standard InChI is InChI=1S/C13H9BrClN3O/c14-8-3-1-7(2-4-8)11-12(17-18-13(11)16)9-5-6-10(15)19-9/h1-6H,(H3,16,17,18). The summed E-state index contributed by atoms with van der Waals surface area (Å²) in [6, 6.07) is 11.3. The van der Waals surface area contributed by atoms with Gasteiger partial charge in [0.2, 0.25) is 0 Å². The zero-order valence-electron chi connectivity index (χ0n) is 9.65. The molecule has 0 bridgehead atoms. The van der Waals surface area contributed by atoms with E-state index in [-0.39, 0.29) is 0 Å². The van der Waals surface area contributed by atoms with Crippen LogP contribution in [0.1, 0.15) is 0 Å². The Hall–Kier alpha value is -1.72. The molecular weight excluding hydrogens is 330 g/mol. The first kappa shape index (κ1) is 12.3. The summed E-state index contributed by atoms with van der Waals surface area (Å²) in [5.41, 5.74) is 8.40. The Kier molecular flexibility index (Phi) is 3.08. The molecule has 0 fully saturated rings. The molecule has 0 aliphatic heterocycles. The van der Waals surface area contributed by atoms with Gasteiger partial charge >= 0.3 is 0 Å². The highest BCUT2D eigenvalue weighted by molar-refractivity contribution is 9.10. The van der Waals surface area contributed by atoms with E-state index in [0.717, 1.165) is 15.6 Å². The minimum absolute atomic E-state index is 0.324. The Morgan fingerprint density at radius 3 is 2.53 bits per heavy atom. The number of hydrogen-bond acceptors (Lipinski definition) is 3. The third-order valence-electron chi connectivity index (χ3n) is 2.75. The maximum atomic E-state index is 5.93. The molecule has 3 N–H and O–H groups in total. The quantitative estimate of drug-likeness (QED) is 0.730. The van der Waals surface area contributed by atoms with Gasteiger partial charge in [0.15, 0.2) is 16.8 Å². The maximum absolute atomic E-state index is 5.93. The van der Waals surface area contributed by atoms with Gasteiger partial charge in [-0.3, -0.25) is 5.10 Å². The second-order valence-corrected chi connectivity index (χ2v) is 5.26. The summed E-state index contributed by atoms with van der Waals surface area (Å²) in [6.07, 6.45) is 0. The number of rotatable bonds is 2. The SMILES string of the molecule is Nc1n[nH]c(-c2ccc(Cl)o2)c1-c1ccc(Br)cc1. The van der Waals surface area contributed by atoms with E-state index in [1.807, 2.05) is 24.3 Å². The molecule has 0 radical (unpaired) electrons. The molecule has 6 heteroatoms. The number of anilines is 1. The van der Waals surface area contributed by atoms with Crippen LogP contribution in [0.25, 0.3) is 22.6 Å². The molecule has 0 aliphatic rings. The molecule has 2 aromatic heterocycles. The minimum atomic E-state index is 0.324. The molecule has 0 amide bonds. The van der Waals surface area contributed by atoms with E-state index in [0.29, 0.717) is 22.5 Å². The molecule has 2 heterocycles. The zero-order chi connectivity index (χ0) is 13.4. The van der Waals surface area contributed by atoms with Crippen molar-refractivity contribution in [1.29, 1.82) is 0 Å². The molecule has 3 aromatic rings. The van der Waals surface area contributed by atoms with Crippen LogP contribution in [0.5, 0.6) is 0 Å². The summed E-state index contributed by atoms with van der Waals surface area (Å²) in [6.45, 7) is 0. The number of nitrogens with one attached hydrogen (secondary N) is 1. The predicted molar refractivity (Wildman–Crippen MR) is 78.8 cm³/mol. The molecule has 0 aliphatic carbocycles. The van der Waals surface area contributed by atoms with Crippen molar-refractivity contribution in [3.05, 3.63) is 46.1 Å². The topological polar surface area (TPSA) is 67.8 Å². The van der Waals surface area contributed by atoms with Gasteiger partial charge in [0.25, 0.3) is 0 Å². The fourth-order valence-electron chi connectivity index (χ4n) is 1.89. The summed E-state index contributed by atoms with van der Waals surface area (Å²) in [5, 5.41) is 7.24. The largest absolute Gasteiger partial charge is 0.443 e. The van der Waals surface area contributed by atoms with E-state index in [4.69, 9.17) is 21.8 Å². The lowest BCUT2D eigenvalue weighted by Gasteiger charge is -2.02. The number of nitrogen functional groups attached to an aromatic ring is 1. The van der Waals surface area contributed by atoms with Crippen LogP contribution in [0.4, 0.5) is 5.82 Å². The monoisotopic (exact) mass is 337 g/mol. The van der Waals surface area contributed by atoms with Gasteiger partial charge in [0, 0.05) is 4.47 Å². The molecular formula is C13H9BrClN3O. The second kappa shape index (κ2) is 4.75. The Balaban J connectivity index is 2.16. The average molecular weight is 339 g/mol. The third kappa shape index (κ3) is 2.27. The van der Waals surface area contributed by atoms with E-state index in [1.165, 1.54) is 0 Å². The van der Waals surface area contributed by atoms with Crippen molar-refractivity contribution in [3.8, 4) is 22.6 Å². The van der Waals surface area contributed by atoms with Gasteiger partial charge in [-0.1, -0.05) is 28.1 Å². The summed E-state index contributed by atoms with van der Waals surface area (Å²) in [5.74, 6) is 1.02. The Labute approximate surface area is 122 Å².